The number of amides is 1. The van der Waals surface area contributed by atoms with Gasteiger partial charge in [-0.05, 0) is 6.07 Å². The minimum atomic E-state index is -1.08. The number of anilines is 1. The molecule has 0 saturated heterocycles. The number of carbonyl (C=O) groups is 2. The summed E-state index contributed by atoms with van der Waals surface area (Å²) < 4.78 is 1.38. The normalized spacial score (nSPS) is 15.5. The van der Waals surface area contributed by atoms with Crippen LogP contribution in [0.25, 0.3) is 5.69 Å². The third-order valence-corrected chi connectivity index (χ3v) is 3.60. The Morgan fingerprint density at radius 3 is 2.60 bits per heavy atom. The van der Waals surface area contributed by atoms with Crippen molar-refractivity contribution < 1.29 is 14.5 Å². The van der Waals surface area contributed by atoms with Crippen molar-refractivity contribution in [2.24, 2.45) is 10.7 Å². The van der Waals surface area contributed by atoms with E-state index >= 15 is 0 Å². The second-order valence-electron chi connectivity index (χ2n) is 5.18. The number of nitro benzene ring substituents is 1. The summed E-state index contributed by atoms with van der Waals surface area (Å²) in [6.45, 7) is 0. The number of primary amides is 1. The van der Waals surface area contributed by atoms with Crippen LogP contribution >= 0.6 is 0 Å². The van der Waals surface area contributed by atoms with E-state index in [-0.39, 0.29) is 33.9 Å². The van der Waals surface area contributed by atoms with E-state index in [0.717, 1.165) is 0 Å². The molecule has 1 unspecified atom stereocenters. The van der Waals surface area contributed by atoms with Crippen LogP contribution in [0.2, 0.25) is 0 Å². The first-order valence-electron chi connectivity index (χ1n) is 7.02. The number of nitrogens with zero attached hydrogens (tertiary/aromatic N) is 3. The molecular weight excluding hydrogens is 330 g/mol. The van der Waals surface area contributed by atoms with Gasteiger partial charge in [-0.1, -0.05) is 0 Å². The van der Waals surface area contributed by atoms with Gasteiger partial charge in [-0.25, -0.2) is 4.99 Å². The third kappa shape index (κ3) is 2.87. The quantitative estimate of drug-likeness (QED) is 0.464. The Bertz CT molecular complexity index is 974. The van der Waals surface area contributed by atoms with E-state index in [9.17, 15) is 24.5 Å². The summed E-state index contributed by atoms with van der Waals surface area (Å²) in [6.07, 6.45) is 3.19. The largest absolute Gasteiger partial charge is 0.369 e. The number of benzene rings is 1. The van der Waals surface area contributed by atoms with Gasteiger partial charge in [0, 0.05) is 30.6 Å². The highest BCUT2D eigenvalue weighted by molar-refractivity contribution is 6.44. The maximum atomic E-state index is 11.4. The number of hydrogen-bond donors (Lipinski definition) is 2. The molecular formula is C15H11N5O5. The molecule has 1 aliphatic heterocycles. The summed E-state index contributed by atoms with van der Waals surface area (Å²) in [5, 5.41) is 14.1. The van der Waals surface area contributed by atoms with Crippen LogP contribution in [-0.4, -0.2) is 33.4 Å². The van der Waals surface area contributed by atoms with Gasteiger partial charge in [0.05, 0.1) is 16.3 Å². The van der Waals surface area contributed by atoms with Gasteiger partial charge >= 0.3 is 0 Å². The lowest BCUT2D eigenvalue weighted by atomic mass is 10.1. The number of nitrogens with two attached hydrogens (primary N) is 1. The minimum absolute atomic E-state index is 0.141. The SMILES string of the molecule is NC(=O)C1=Nc2cc(-n3ccc(=O)cc3)c([N+](=O)[O-])cc2NC1C=O. The Labute approximate surface area is 139 Å². The average Bonchev–Trinajstić information content (AvgIpc) is 2.59. The van der Waals surface area contributed by atoms with Crippen molar-refractivity contribution in [3.8, 4) is 5.69 Å². The van der Waals surface area contributed by atoms with E-state index in [1.807, 2.05) is 0 Å². The number of rotatable bonds is 4. The Hall–Kier alpha value is -3.82. The van der Waals surface area contributed by atoms with Crippen LogP contribution in [0, 0.1) is 10.1 Å². The predicted molar refractivity (Wildman–Crippen MR) is 88.5 cm³/mol. The number of carbonyl (C=O) groups excluding carboxylic acids is 2. The Kier molecular flexibility index (Phi) is 3.85. The predicted octanol–water partition coefficient (Wildman–Crippen LogP) is 0.296. The minimum Gasteiger partial charge on any atom is -0.369 e. The van der Waals surface area contributed by atoms with Gasteiger partial charge in [0.15, 0.2) is 5.43 Å². The molecule has 0 radical (unpaired) electrons. The number of pyridine rings is 1. The van der Waals surface area contributed by atoms with E-state index in [1.165, 1.54) is 41.2 Å². The molecule has 1 aromatic heterocycles. The van der Waals surface area contributed by atoms with Crippen LogP contribution < -0.4 is 16.5 Å². The molecule has 10 heteroatoms. The highest BCUT2D eigenvalue weighted by Gasteiger charge is 2.29. The second-order valence-corrected chi connectivity index (χ2v) is 5.18. The topological polar surface area (TPSA) is 150 Å². The number of aldehydes is 1. The van der Waals surface area contributed by atoms with E-state index in [1.54, 1.807) is 0 Å². The van der Waals surface area contributed by atoms with Crippen molar-refractivity contribution in [2.45, 2.75) is 6.04 Å². The zero-order valence-corrected chi connectivity index (χ0v) is 12.6. The van der Waals surface area contributed by atoms with Crippen LogP contribution in [0.4, 0.5) is 17.1 Å². The standard InChI is InChI=1S/C15H11N5O5/c16-15(23)14-11(7-21)17-9-6-13(20(24)25)12(5-10(9)18-14)19-3-1-8(22)2-4-19/h1-7,11,17H,(H2,16,23). The highest BCUT2D eigenvalue weighted by Crippen LogP contribution is 2.37. The molecule has 0 spiro atoms. The molecule has 10 nitrogen and oxygen atoms in total. The van der Waals surface area contributed by atoms with Gasteiger partial charge in [-0.15, -0.1) is 0 Å². The van der Waals surface area contributed by atoms with Crippen LogP contribution in [0.3, 0.4) is 0 Å². The van der Waals surface area contributed by atoms with Crippen molar-refractivity contribution in [1.82, 2.24) is 4.57 Å². The molecule has 1 aromatic carbocycles. The van der Waals surface area contributed by atoms with E-state index in [2.05, 4.69) is 10.3 Å². The fraction of sp³-hybridized carbons (Fsp3) is 0.0667. The number of nitrogens with one attached hydrogen (secondary N) is 1. The maximum Gasteiger partial charge on any atom is 0.295 e. The Morgan fingerprint density at radius 1 is 1.36 bits per heavy atom. The van der Waals surface area contributed by atoms with Gasteiger partial charge in [0.25, 0.3) is 11.6 Å². The van der Waals surface area contributed by atoms with Crippen LogP contribution in [-0.2, 0) is 9.59 Å². The van der Waals surface area contributed by atoms with Crippen molar-refractivity contribution >= 4 is 35.0 Å². The summed E-state index contributed by atoms with van der Waals surface area (Å²) in [4.78, 5) is 48.6. The summed E-state index contributed by atoms with van der Waals surface area (Å²) in [6, 6.07) is 4.00. The molecule has 1 atom stereocenters. The van der Waals surface area contributed by atoms with E-state index in [4.69, 9.17) is 5.73 Å². The fourth-order valence-corrected chi connectivity index (χ4v) is 2.44. The molecule has 0 fully saturated rings. The first kappa shape index (κ1) is 16.1. The van der Waals surface area contributed by atoms with Crippen LogP contribution in [0.15, 0.2) is 46.4 Å². The zero-order chi connectivity index (χ0) is 18.1. The maximum absolute atomic E-state index is 11.4. The number of aromatic nitrogens is 1. The fourth-order valence-electron chi connectivity index (χ4n) is 2.44. The highest BCUT2D eigenvalue weighted by atomic mass is 16.6. The Balaban J connectivity index is 2.23. The monoisotopic (exact) mass is 341 g/mol. The molecule has 2 heterocycles. The lowest BCUT2D eigenvalue weighted by Gasteiger charge is -2.22. The molecule has 0 saturated carbocycles. The molecule has 0 aliphatic carbocycles. The zero-order valence-electron chi connectivity index (χ0n) is 12.6. The molecule has 0 bridgehead atoms. The molecule has 2 aromatic rings. The summed E-state index contributed by atoms with van der Waals surface area (Å²) in [5.74, 6) is -0.876. The molecule has 3 rings (SSSR count). The molecule has 1 amide bonds. The van der Waals surface area contributed by atoms with Crippen molar-refractivity contribution in [2.75, 3.05) is 5.32 Å². The smallest absolute Gasteiger partial charge is 0.295 e. The second kappa shape index (κ2) is 6.00. The van der Waals surface area contributed by atoms with Crippen LogP contribution in [0.1, 0.15) is 0 Å². The summed E-state index contributed by atoms with van der Waals surface area (Å²) >= 11 is 0. The lowest BCUT2D eigenvalue weighted by Crippen LogP contribution is -2.41. The number of hydrogen-bond acceptors (Lipinski definition) is 7. The lowest BCUT2D eigenvalue weighted by molar-refractivity contribution is -0.384. The van der Waals surface area contributed by atoms with Crippen molar-refractivity contribution in [3.05, 3.63) is 57.0 Å². The van der Waals surface area contributed by atoms with Gasteiger partial charge in [0.2, 0.25) is 0 Å². The first-order valence-corrected chi connectivity index (χ1v) is 7.02. The van der Waals surface area contributed by atoms with E-state index < -0.39 is 16.9 Å². The van der Waals surface area contributed by atoms with Crippen molar-refractivity contribution in [1.29, 1.82) is 0 Å². The molecule has 3 N–H and O–H groups in total. The summed E-state index contributed by atoms with van der Waals surface area (Å²) in [5.41, 5.74) is 5.09. The molecule has 126 valence electrons. The average molecular weight is 341 g/mol. The van der Waals surface area contributed by atoms with Crippen LogP contribution in [0.5, 0.6) is 0 Å². The molecule has 25 heavy (non-hydrogen) atoms. The van der Waals surface area contributed by atoms with E-state index in [0.29, 0.717) is 6.29 Å². The third-order valence-electron chi connectivity index (χ3n) is 3.60. The molecule has 1 aliphatic rings. The number of nitro groups is 1. The van der Waals surface area contributed by atoms with Gasteiger partial charge in [-0.2, -0.15) is 0 Å². The van der Waals surface area contributed by atoms with Gasteiger partial charge in [-0.3, -0.25) is 19.7 Å². The van der Waals surface area contributed by atoms with Crippen molar-refractivity contribution in [3.63, 3.8) is 0 Å². The number of fused-ring (bicyclic) bond motifs is 1. The first-order chi connectivity index (χ1) is 11.9. The van der Waals surface area contributed by atoms with Gasteiger partial charge < -0.3 is 20.4 Å². The number of aliphatic imine (C=N–C) groups is 1. The summed E-state index contributed by atoms with van der Waals surface area (Å²) in [7, 11) is 0. The van der Waals surface area contributed by atoms with Gasteiger partial charge in [0.1, 0.15) is 23.7 Å². The Morgan fingerprint density at radius 2 is 2.04 bits per heavy atom.